The second-order valence-corrected chi connectivity index (χ2v) is 4.53. The first-order valence-electron chi connectivity index (χ1n) is 4.98. The van der Waals surface area contributed by atoms with Crippen molar-refractivity contribution in [3.8, 4) is 0 Å². The highest BCUT2D eigenvalue weighted by atomic mass is 32.1. The molecule has 0 saturated heterocycles. The fourth-order valence-electron chi connectivity index (χ4n) is 1.69. The van der Waals surface area contributed by atoms with Gasteiger partial charge in [0.2, 0.25) is 5.91 Å². The van der Waals surface area contributed by atoms with E-state index in [2.05, 4.69) is 10.3 Å². The summed E-state index contributed by atoms with van der Waals surface area (Å²) in [4.78, 5) is 26.7. The standard InChI is InChI=1S/C10H12N2O2S/c13-8-3-1-7(2-4-8)9(14)12-10-11-5-6-15-10/h5-7H,1-4H2,(H,11,12,14). The molecule has 15 heavy (non-hydrogen) atoms. The van der Waals surface area contributed by atoms with E-state index in [9.17, 15) is 9.59 Å². The zero-order valence-electron chi connectivity index (χ0n) is 8.23. The van der Waals surface area contributed by atoms with Crippen LogP contribution in [-0.4, -0.2) is 16.7 Å². The number of anilines is 1. The maximum absolute atomic E-state index is 11.7. The summed E-state index contributed by atoms with van der Waals surface area (Å²) in [6.45, 7) is 0. The minimum atomic E-state index is -0.0217. The summed E-state index contributed by atoms with van der Waals surface area (Å²) in [6, 6.07) is 0. The normalized spacial score (nSPS) is 17.7. The van der Waals surface area contributed by atoms with Crippen LogP contribution >= 0.6 is 11.3 Å². The molecule has 1 aliphatic rings. The Labute approximate surface area is 91.7 Å². The monoisotopic (exact) mass is 224 g/mol. The molecule has 1 aromatic heterocycles. The van der Waals surface area contributed by atoms with Crippen molar-refractivity contribution in [3.05, 3.63) is 11.6 Å². The third-order valence-electron chi connectivity index (χ3n) is 2.58. The molecular formula is C10H12N2O2S. The van der Waals surface area contributed by atoms with Gasteiger partial charge in [0.05, 0.1) is 0 Å². The number of ketones is 1. The predicted molar refractivity (Wildman–Crippen MR) is 57.7 cm³/mol. The summed E-state index contributed by atoms with van der Waals surface area (Å²) in [7, 11) is 0. The first-order valence-corrected chi connectivity index (χ1v) is 5.86. The van der Waals surface area contributed by atoms with Gasteiger partial charge in [-0.3, -0.25) is 9.59 Å². The Hall–Kier alpha value is -1.23. The van der Waals surface area contributed by atoms with Crippen molar-refractivity contribution in [2.45, 2.75) is 25.7 Å². The lowest BCUT2D eigenvalue weighted by atomic mass is 9.88. The molecule has 1 amide bonds. The second-order valence-electron chi connectivity index (χ2n) is 3.64. The molecule has 0 spiro atoms. The molecule has 1 heterocycles. The number of aromatic nitrogens is 1. The van der Waals surface area contributed by atoms with E-state index in [4.69, 9.17) is 0 Å². The molecule has 1 saturated carbocycles. The number of hydrogen-bond donors (Lipinski definition) is 1. The van der Waals surface area contributed by atoms with E-state index in [0.717, 1.165) is 0 Å². The third-order valence-corrected chi connectivity index (χ3v) is 3.27. The highest BCUT2D eigenvalue weighted by molar-refractivity contribution is 7.13. The van der Waals surface area contributed by atoms with Crippen molar-refractivity contribution in [2.75, 3.05) is 5.32 Å². The van der Waals surface area contributed by atoms with Crippen LogP contribution in [0.2, 0.25) is 0 Å². The molecule has 80 valence electrons. The summed E-state index contributed by atoms with van der Waals surface area (Å²) in [6.07, 6.45) is 4.09. The lowest BCUT2D eigenvalue weighted by molar-refractivity contribution is -0.125. The Bertz CT molecular complexity index is 352. The maximum Gasteiger partial charge on any atom is 0.229 e. The molecule has 5 heteroatoms. The average Bonchev–Trinajstić information content (AvgIpc) is 2.71. The number of hydrogen-bond acceptors (Lipinski definition) is 4. The van der Waals surface area contributed by atoms with E-state index in [0.29, 0.717) is 30.8 Å². The Balaban J connectivity index is 1.89. The van der Waals surface area contributed by atoms with Gasteiger partial charge < -0.3 is 5.32 Å². The summed E-state index contributed by atoms with van der Waals surface area (Å²) < 4.78 is 0. The van der Waals surface area contributed by atoms with Gasteiger partial charge in [-0.2, -0.15) is 0 Å². The largest absolute Gasteiger partial charge is 0.302 e. The minimum Gasteiger partial charge on any atom is -0.302 e. The molecule has 0 unspecified atom stereocenters. The van der Waals surface area contributed by atoms with Crippen LogP contribution in [0.25, 0.3) is 0 Å². The molecule has 1 fully saturated rings. The molecule has 0 aliphatic heterocycles. The lowest BCUT2D eigenvalue weighted by Crippen LogP contribution is -2.27. The molecule has 4 nitrogen and oxygen atoms in total. The number of Topliss-reactive ketones (excluding diaryl/α,β-unsaturated/α-hetero) is 1. The van der Waals surface area contributed by atoms with E-state index >= 15 is 0 Å². The number of nitrogens with zero attached hydrogens (tertiary/aromatic N) is 1. The van der Waals surface area contributed by atoms with Crippen molar-refractivity contribution in [2.24, 2.45) is 5.92 Å². The maximum atomic E-state index is 11.7. The van der Waals surface area contributed by atoms with Crippen LogP contribution in [0.5, 0.6) is 0 Å². The summed E-state index contributed by atoms with van der Waals surface area (Å²) in [5, 5.41) is 5.22. The van der Waals surface area contributed by atoms with Crippen LogP contribution in [0.15, 0.2) is 11.6 Å². The Kier molecular flexibility index (Phi) is 3.11. The molecule has 1 aromatic rings. The summed E-state index contributed by atoms with van der Waals surface area (Å²) >= 11 is 1.41. The lowest BCUT2D eigenvalue weighted by Gasteiger charge is -2.19. The number of nitrogens with one attached hydrogen (secondary N) is 1. The number of rotatable bonds is 2. The highest BCUT2D eigenvalue weighted by Gasteiger charge is 2.25. The number of carbonyl (C=O) groups is 2. The van der Waals surface area contributed by atoms with E-state index in [1.54, 1.807) is 6.20 Å². The van der Waals surface area contributed by atoms with E-state index in [1.165, 1.54) is 11.3 Å². The average molecular weight is 224 g/mol. The first-order chi connectivity index (χ1) is 7.25. The molecule has 0 radical (unpaired) electrons. The van der Waals surface area contributed by atoms with Gasteiger partial charge in [-0.05, 0) is 12.8 Å². The van der Waals surface area contributed by atoms with Crippen molar-refractivity contribution < 1.29 is 9.59 Å². The predicted octanol–water partition coefficient (Wildman–Crippen LogP) is 1.84. The number of amides is 1. The van der Waals surface area contributed by atoms with E-state index < -0.39 is 0 Å². The van der Waals surface area contributed by atoms with Crippen molar-refractivity contribution in [1.82, 2.24) is 4.98 Å². The van der Waals surface area contributed by atoms with E-state index in [1.807, 2.05) is 5.38 Å². The van der Waals surface area contributed by atoms with Gasteiger partial charge in [0.1, 0.15) is 5.78 Å². The molecule has 2 rings (SSSR count). The van der Waals surface area contributed by atoms with Crippen LogP contribution in [-0.2, 0) is 9.59 Å². The first kappa shape index (κ1) is 10.3. The van der Waals surface area contributed by atoms with Gasteiger partial charge in [0, 0.05) is 30.3 Å². The van der Waals surface area contributed by atoms with Gasteiger partial charge in [0.25, 0.3) is 0 Å². The Morgan fingerprint density at radius 1 is 1.47 bits per heavy atom. The molecule has 1 N–H and O–H groups in total. The smallest absolute Gasteiger partial charge is 0.229 e. The van der Waals surface area contributed by atoms with Crippen LogP contribution < -0.4 is 5.32 Å². The second kappa shape index (κ2) is 4.53. The molecule has 0 bridgehead atoms. The molecule has 1 aliphatic carbocycles. The van der Waals surface area contributed by atoms with Crippen LogP contribution in [0.1, 0.15) is 25.7 Å². The Morgan fingerprint density at radius 2 is 2.20 bits per heavy atom. The van der Waals surface area contributed by atoms with Gasteiger partial charge in [0.15, 0.2) is 5.13 Å². The molecular weight excluding hydrogens is 212 g/mol. The summed E-state index contributed by atoms with van der Waals surface area (Å²) in [5.74, 6) is 0.248. The van der Waals surface area contributed by atoms with Gasteiger partial charge in [-0.25, -0.2) is 4.98 Å². The van der Waals surface area contributed by atoms with Crippen LogP contribution in [0, 0.1) is 5.92 Å². The topological polar surface area (TPSA) is 59.1 Å². The van der Waals surface area contributed by atoms with Crippen molar-refractivity contribution >= 4 is 28.2 Å². The fraction of sp³-hybridized carbons (Fsp3) is 0.500. The highest BCUT2D eigenvalue weighted by Crippen LogP contribution is 2.23. The SMILES string of the molecule is O=C1CCC(C(=O)Nc2nccs2)CC1. The number of carbonyl (C=O) groups excluding carboxylic acids is 2. The molecule has 0 aromatic carbocycles. The third kappa shape index (κ3) is 2.62. The fourth-order valence-corrected chi connectivity index (χ4v) is 2.23. The van der Waals surface area contributed by atoms with Gasteiger partial charge in [-0.15, -0.1) is 11.3 Å². The zero-order chi connectivity index (χ0) is 10.7. The van der Waals surface area contributed by atoms with Crippen LogP contribution in [0.4, 0.5) is 5.13 Å². The number of thiazole rings is 1. The zero-order valence-corrected chi connectivity index (χ0v) is 9.05. The van der Waals surface area contributed by atoms with Crippen molar-refractivity contribution in [1.29, 1.82) is 0 Å². The van der Waals surface area contributed by atoms with E-state index in [-0.39, 0.29) is 17.6 Å². The van der Waals surface area contributed by atoms with Gasteiger partial charge in [-0.1, -0.05) is 0 Å². The molecule has 0 atom stereocenters. The Morgan fingerprint density at radius 3 is 2.80 bits per heavy atom. The van der Waals surface area contributed by atoms with Gasteiger partial charge >= 0.3 is 0 Å². The van der Waals surface area contributed by atoms with Crippen LogP contribution in [0.3, 0.4) is 0 Å². The quantitative estimate of drug-likeness (QED) is 0.833. The minimum absolute atomic E-state index is 0.00236. The summed E-state index contributed by atoms with van der Waals surface area (Å²) in [5.41, 5.74) is 0. The van der Waals surface area contributed by atoms with Crippen molar-refractivity contribution in [3.63, 3.8) is 0 Å².